The summed E-state index contributed by atoms with van der Waals surface area (Å²) in [6.45, 7) is 1.72. The first-order chi connectivity index (χ1) is 16.4. The molecular formula is C24H31N3O5S2. The average molecular weight is 506 g/mol. The van der Waals surface area contributed by atoms with E-state index in [2.05, 4.69) is 5.32 Å². The minimum Gasteiger partial charge on any atom is -0.465 e. The lowest BCUT2D eigenvalue weighted by Crippen LogP contribution is -2.50. The summed E-state index contributed by atoms with van der Waals surface area (Å²) in [7, 11) is -2.17. The van der Waals surface area contributed by atoms with Crippen LogP contribution in [0.25, 0.3) is 0 Å². The molecule has 1 fully saturated rings. The van der Waals surface area contributed by atoms with Crippen LogP contribution in [0.2, 0.25) is 0 Å². The van der Waals surface area contributed by atoms with Gasteiger partial charge in [0.15, 0.2) is 0 Å². The molecule has 8 nitrogen and oxygen atoms in total. The molecule has 2 aliphatic rings. The number of ether oxygens (including phenoxy) is 1. The van der Waals surface area contributed by atoms with Crippen LogP contribution in [0.3, 0.4) is 0 Å². The van der Waals surface area contributed by atoms with Crippen molar-refractivity contribution in [2.75, 3.05) is 45.2 Å². The summed E-state index contributed by atoms with van der Waals surface area (Å²) in [5.41, 5.74) is 1.52. The van der Waals surface area contributed by atoms with Gasteiger partial charge in [-0.05, 0) is 43.4 Å². The zero-order valence-corrected chi connectivity index (χ0v) is 21.1. The minimum atomic E-state index is -3.53. The highest BCUT2D eigenvalue weighted by atomic mass is 32.2. The number of fused-ring (bicyclic) bond motifs is 1. The number of hydrogen-bond donors (Lipinski definition) is 1. The van der Waals surface area contributed by atoms with Gasteiger partial charge in [-0.15, -0.1) is 11.3 Å². The summed E-state index contributed by atoms with van der Waals surface area (Å²) in [6, 6.07) is 8.40. The molecule has 0 saturated carbocycles. The van der Waals surface area contributed by atoms with E-state index < -0.39 is 16.0 Å². The SMILES string of the molecule is COC(=O)c1c(NC(=O)CN2CCN(S(=O)(=O)c3ccccc3)CC2)sc2c1CCCCCC2. The lowest BCUT2D eigenvalue weighted by atomic mass is 9.96. The quantitative estimate of drug-likeness (QED) is 0.606. The summed E-state index contributed by atoms with van der Waals surface area (Å²) in [5.74, 6) is -0.619. The van der Waals surface area contributed by atoms with Crippen molar-refractivity contribution in [2.45, 2.75) is 43.4 Å². The van der Waals surface area contributed by atoms with Crippen molar-refractivity contribution in [3.05, 3.63) is 46.3 Å². The van der Waals surface area contributed by atoms with Crippen LogP contribution in [-0.2, 0) is 32.4 Å². The van der Waals surface area contributed by atoms with E-state index >= 15 is 0 Å². The molecule has 1 aromatic heterocycles. The van der Waals surface area contributed by atoms with Gasteiger partial charge in [0.1, 0.15) is 5.00 Å². The summed E-state index contributed by atoms with van der Waals surface area (Å²) in [5, 5.41) is 3.51. The van der Waals surface area contributed by atoms with E-state index in [0.29, 0.717) is 36.7 Å². The van der Waals surface area contributed by atoms with Crippen molar-refractivity contribution >= 4 is 38.2 Å². The molecule has 0 bridgehead atoms. The lowest BCUT2D eigenvalue weighted by Gasteiger charge is -2.33. The maximum atomic E-state index is 12.9. The molecule has 0 unspecified atom stereocenters. The fourth-order valence-electron chi connectivity index (χ4n) is 4.56. The maximum Gasteiger partial charge on any atom is 0.341 e. The highest BCUT2D eigenvalue weighted by Gasteiger charge is 2.30. The van der Waals surface area contributed by atoms with Crippen LogP contribution in [0.15, 0.2) is 35.2 Å². The Morgan fingerprint density at radius 1 is 1.00 bits per heavy atom. The molecule has 34 heavy (non-hydrogen) atoms. The molecule has 1 aromatic carbocycles. The Morgan fingerprint density at radius 3 is 2.35 bits per heavy atom. The summed E-state index contributed by atoms with van der Waals surface area (Å²) >= 11 is 1.48. The second-order valence-electron chi connectivity index (χ2n) is 8.66. The number of carbonyl (C=O) groups excluding carboxylic acids is 2. The van der Waals surface area contributed by atoms with Gasteiger partial charge in [-0.25, -0.2) is 13.2 Å². The van der Waals surface area contributed by atoms with Crippen molar-refractivity contribution in [1.29, 1.82) is 0 Å². The zero-order valence-electron chi connectivity index (χ0n) is 19.4. The Kier molecular flexibility index (Phi) is 8.02. The van der Waals surface area contributed by atoms with Gasteiger partial charge >= 0.3 is 5.97 Å². The molecule has 2 aromatic rings. The smallest absolute Gasteiger partial charge is 0.341 e. The Labute approximate surface area is 204 Å². The Hall–Kier alpha value is -2.27. The average Bonchev–Trinajstić information content (AvgIpc) is 3.15. The van der Waals surface area contributed by atoms with Crippen molar-refractivity contribution in [3.8, 4) is 0 Å². The van der Waals surface area contributed by atoms with Gasteiger partial charge in [-0.1, -0.05) is 31.0 Å². The van der Waals surface area contributed by atoms with Crippen LogP contribution in [-0.4, -0.2) is 69.3 Å². The van der Waals surface area contributed by atoms with E-state index in [1.807, 2.05) is 4.90 Å². The number of amides is 1. The van der Waals surface area contributed by atoms with E-state index in [1.54, 1.807) is 30.3 Å². The molecule has 10 heteroatoms. The van der Waals surface area contributed by atoms with Crippen LogP contribution in [0.4, 0.5) is 5.00 Å². The fraction of sp³-hybridized carbons (Fsp3) is 0.500. The number of sulfonamides is 1. The molecule has 2 heterocycles. The first-order valence-electron chi connectivity index (χ1n) is 11.7. The van der Waals surface area contributed by atoms with Crippen molar-refractivity contribution < 1.29 is 22.7 Å². The van der Waals surface area contributed by atoms with Gasteiger partial charge in [-0.3, -0.25) is 9.69 Å². The lowest BCUT2D eigenvalue weighted by molar-refractivity contribution is -0.117. The highest BCUT2D eigenvalue weighted by Crippen LogP contribution is 2.37. The zero-order chi connectivity index (χ0) is 24.1. The fourth-order valence-corrected chi connectivity index (χ4v) is 7.30. The highest BCUT2D eigenvalue weighted by molar-refractivity contribution is 7.89. The number of nitrogens with one attached hydrogen (secondary N) is 1. The molecule has 0 radical (unpaired) electrons. The number of aryl methyl sites for hydroxylation is 1. The number of nitrogens with zero attached hydrogens (tertiary/aromatic N) is 2. The molecule has 1 saturated heterocycles. The number of esters is 1. The van der Waals surface area contributed by atoms with E-state index in [1.165, 1.54) is 29.2 Å². The van der Waals surface area contributed by atoms with Gasteiger partial charge in [0.25, 0.3) is 0 Å². The number of anilines is 1. The number of hydrogen-bond acceptors (Lipinski definition) is 7. The molecule has 1 aliphatic heterocycles. The van der Waals surface area contributed by atoms with Crippen molar-refractivity contribution in [3.63, 3.8) is 0 Å². The number of methoxy groups -OCH3 is 1. The molecule has 1 N–H and O–H groups in total. The van der Waals surface area contributed by atoms with Crippen LogP contribution < -0.4 is 5.32 Å². The monoisotopic (exact) mass is 505 g/mol. The minimum absolute atomic E-state index is 0.141. The van der Waals surface area contributed by atoms with Gasteiger partial charge in [0.05, 0.1) is 24.1 Å². The van der Waals surface area contributed by atoms with Crippen LogP contribution in [0.1, 0.15) is 46.5 Å². The normalized spacial score (nSPS) is 17.9. The Morgan fingerprint density at radius 2 is 1.68 bits per heavy atom. The second kappa shape index (κ2) is 11.0. The molecule has 1 aliphatic carbocycles. The predicted octanol–water partition coefficient (Wildman–Crippen LogP) is 3.14. The van der Waals surface area contributed by atoms with Crippen molar-refractivity contribution in [1.82, 2.24) is 9.21 Å². The third-order valence-electron chi connectivity index (χ3n) is 6.39. The molecule has 0 spiro atoms. The number of carbonyl (C=O) groups is 2. The first-order valence-corrected chi connectivity index (χ1v) is 14.0. The second-order valence-corrected chi connectivity index (χ2v) is 11.7. The molecule has 184 valence electrons. The Bertz CT molecular complexity index is 1120. The third kappa shape index (κ3) is 5.51. The van der Waals surface area contributed by atoms with Crippen molar-refractivity contribution in [2.24, 2.45) is 0 Å². The van der Waals surface area contributed by atoms with Crippen LogP contribution in [0, 0.1) is 0 Å². The maximum absolute atomic E-state index is 12.9. The van der Waals surface area contributed by atoms with Gasteiger partial charge in [0.2, 0.25) is 15.9 Å². The number of benzene rings is 1. The van der Waals surface area contributed by atoms with Gasteiger partial charge in [0, 0.05) is 31.1 Å². The van der Waals surface area contributed by atoms with E-state index in [9.17, 15) is 18.0 Å². The summed E-state index contributed by atoms with van der Waals surface area (Å²) in [6.07, 6.45) is 6.17. The summed E-state index contributed by atoms with van der Waals surface area (Å²) in [4.78, 5) is 28.8. The Balaban J connectivity index is 1.39. The molecule has 4 rings (SSSR count). The van der Waals surface area contributed by atoms with Crippen LogP contribution >= 0.6 is 11.3 Å². The van der Waals surface area contributed by atoms with E-state index in [-0.39, 0.29) is 17.3 Å². The predicted molar refractivity (Wildman–Crippen MR) is 132 cm³/mol. The third-order valence-corrected chi connectivity index (χ3v) is 9.51. The van der Waals surface area contributed by atoms with E-state index in [0.717, 1.165) is 42.5 Å². The van der Waals surface area contributed by atoms with Gasteiger partial charge < -0.3 is 10.1 Å². The number of piperazine rings is 1. The first kappa shape index (κ1) is 24.8. The topological polar surface area (TPSA) is 96.0 Å². The van der Waals surface area contributed by atoms with Crippen LogP contribution in [0.5, 0.6) is 0 Å². The molecular weight excluding hydrogens is 474 g/mol. The van der Waals surface area contributed by atoms with Gasteiger partial charge in [-0.2, -0.15) is 4.31 Å². The largest absolute Gasteiger partial charge is 0.465 e. The summed E-state index contributed by atoms with van der Waals surface area (Å²) < 4.78 is 32.1. The van der Waals surface area contributed by atoms with E-state index in [4.69, 9.17) is 4.74 Å². The number of rotatable bonds is 6. The molecule has 1 amide bonds. The standard InChI is InChI=1S/C24H31N3O5S2/c1-32-24(29)22-19-11-7-2-3-8-12-20(19)33-23(22)25-21(28)17-26-13-15-27(16-14-26)34(30,31)18-9-5-4-6-10-18/h4-6,9-10H,2-3,7-8,11-17H2,1H3,(H,25,28). The molecule has 0 atom stereocenters. The number of thiophene rings is 1.